The highest BCUT2D eigenvalue weighted by atomic mass is 32.2. The van der Waals surface area contributed by atoms with Crippen LogP contribution in [-0.4, -0.2) is 19.6 Å². The van der Waals surface area contributed by atoms with Crippen LogP contribution in [0.5, 0.6) is 0 Å². The molecule has 0 fully saturated rings. The van der Waals surface area contributed by atoms with Gasteiger partial charge in [-0.2, -0.15) is 5.26 Å². The molecule has 3 rings (SSSR count). The summed E-state index contributed by atoms with van der Waals surface area (Å²) in [7, 11) is 0. The summed E-state index contributed by atoms with van der Waals surface area (Å²) in [6.45, 7) is 2.07. The van der Waals surface area contributed by atoms with Gasteiger partial charge in [0, 0.05) is 17.5 Å². The number of rotatable bonds is 5. The third kappa shape index (κ3) is 3.27. The molecule has 0 spiro atoms. The smallest absolute Gasteiger partial charge is 0.252 e. The molecule has 7 heteroatoms. The number of aromatic amines is 1. The Hall–Kier alpha value is -2.59. The first-order valence-electron chi connectivity index (χ1n) is 7.30. The van der Waals surface area contributed by atoms with E-state index < -0.39 is 0 Å². The van der Waals surface area contributed by atoms with Gasteiger partial charge in [-0.25, -0.2) is 0 Å². The number of nitrogens with one attached hydrogen (secondary N) is 1. The van der Waals surface area contributed by atoms with Crippen molar-refractivity contribution in [1.29, 1.82) is 5.26 Å². The van der Waals surface area contributed by atoms with Crippen LogP contribution in [0.3, 0.4) is 0 Å². The number of hydrogen-bond donors (Lipinski definition) is 1. The molecule has 1 aromatic carbocycles. The molecular weight excluding hydrogens is 310 g/mol. The zero-order chi connectivity index (χ0) is 16.2. The van der Waals surface area contributed by atoms with Gasteiger partial charge in [0.1, 0.15) is 0 Å². The second kappa shape index (κ2) is 6.67. The van der Waals surface area contributed by atoms with E-state index in [0.29, 0.717) is 11.3 Å². The lowest BCUT2D eigenvalue weighted by Crippen LogP contribution is -2.11. The Morgan fingerprint density at radius 3 is 2.78 bits per heavy atom. The monoisotopic (exact) mass is 325 g/mol. The van der Waals surface area contributed by atoms with Crippen LogP contribution in [-0.2, 0) is 12.2 Å². The molecule has 1 N–H and O–H groups in total. The zero-order valence-corrected chi connectivity index (χ0v) is 13.4. The quantitative estimate of drug-likeness (QED) is 0.728. The summed E-state index contributed by atoms with van der Waals surface area (Å²) in [5.41, 5.74) is 2.51. The molecule has 23 heavy (non-hydrogen) atoms. The number of benzene rings is 1. The molecule has 6 nitrogen and oxygen atoms in total. The van der Waals surface area contributed by atoms with Crippen molar-refractivity contribution in [2.24, 2.45) is 0 Å². The Morgan fingerprint density at radius 1 is 1.30 bits per heavy atom. The van der Waals surface area contributed by atoms with Crippen molar-refractivity contribution in [2.75, 3.05) is 0 Å². The Labute approximate surface area is 137 Å². The summed E-state index contributed by atoms with van der Waals surface area (Å²) in [6, 6.07) is 11.2. The number of nitriles is 1. The van der Waals surface area contributed by atoms with Crippen LogP contribution >= 0.6 is 11.8 Å². The van der Waals surface area contributed by atoms with Crippen LogP contribution in [0, 0.1) is 11.3 Å². The largest absolute Gasteiger partial charge is 0.291 e. The molecule has 0 amide bonds. The molecule has 0 unspecified atom stereocenters. The van der Waals surface area contributed by atoms with E-state index in [9.17, 15) is 4.79 Å². The number of aromatic nitrogens is 4. The highest BCUT2D eigenvalue weighted by Gasteiger charge is 2.11. The second-order valence-corrected chi connectivity index (χ2v) is 6.06. The Morgan fingerprint density at radius 2 is 2.09 bits per heavy atom. The van der Waals surface area contributed by atoms with Crippen molar-refractivity contribution in [2.45, 2.75) is 30.7 Å². The summed E-state index contributed by atoms with van der Waals surface area (Å²) >= 11 is 1.55. The molecule has 0 aliphatic rings. The molecule has 0 aliphatic heterocycles. The highest BCUT2D eigenvalue weighted by Crippen LogP contribution is 2.22. The topological polar surface area (TPSA) is 86.8 Å². The van der Waals surface area contributed by atoms with Crippen molar-refractivity contribution in [3.8, 4) is 6.07 Å². The van der Waals surface area contributed by atoms with Crippen molar-refractivity contribution in [1.82, 2.24) is 19.6 Å². The molecule has 3 aromatic rings. The highest BCUT2D eigenvalue weighted by molar-refractivity contribution is 7.98. The predicted octanol–water partition coefficient (Wildman–Crippen LogP) is 2.53. The Kier molecular flexibility index (Phi) is 4.44. The van der Waals surface area contributed by atoms with Gasteiger partial charge in [0.05, 0.1) is 11.6 Å². The van der Waals surface area contributed by atoms with E-state index in [1.165, 1.54) is 0 Å². The summed E-state index contributed by atoms with van der Waals surface area (Å²) in [5.74, 6) is 1.19. The van der Waals surface area contributed by atoms with Crippen LogP contribution in [0.4, 0.5) is 0 Å². The van der Waals surface area contributed by atoms with Gasteiger partial charge in [0.2, 0.25) is 5.78 Å². The first kappa shape index (κ1) is 15.3. The van der Waals surface area contributed by atoms with Gasteiger partial charge in [-0.05, 0) is 24.1 Å². The molecule has 0 bridgehead atoms. The van der Waals surface area contributed by atoms with Crippen LogP contribution in [0.2, 0.25) is 0 Å². The Bertz CT molecular complexity index is 920. The van der Waals surface area contributed by atoms with Crippen molar-refractivity contribution >= 4 is 17.5 Å². The van der Waals surface area contributed by atoms with E-state index in [2.05, 4.69) is 28.2 Å². The fourth-order valence-corrected chi connectivity index (χ4v) is 3.25. The lowest BCUT2D eigenvalue weighted by molar-refractivity contribution is 0.800. The van der Waals surface area contributed by atoms with Crippen molar-refractivity contribution in [3.05, 3.63) is 57.5 Å². The summed E-state index contributed by atoms with van der Waals surface area (Å²) in [4.78, 5) is 14.4. The number of fused-ring (bicyclic) bond motifs is 1. The number of aryl methyl sites for hydroxylation is 1. The van der Waals surface area contributed by atoms with Gasteiger partial charge < -0.3 is 0 Å². The SMILES string of the molecule is CCCc1cc(=O)[nH]c2nnc(SCc3ccc(C#N)cc3)n12. The molecule has 0 aliphatic carbocycles. The van der Waals surface area contributed by atoms with Crippen LogP contribution < -0.4 is 5.56 Å². The second-order valence-electron chi connectivity index (χ2n) is 5.11. The van der Waals surface area contributed by atoms with Crippen molar-refractivity contribution in [3.63, 3.8) is 0 Å². The fourth-order valence-electron chi connectivity index (χ4n) is 2.33. The first-order chi connectivity index (χ1) is 11.2. The average molecular weight is 325 g/mol. The summed E-state index contributed by atoms with van der Waals surface area (Å²) in [5, 5.41) is 17.8. The number of H-pyrrole nitrogens is 1. The molecular formula is C16H15N5OS. The van der Waals surface area contributed by atoms with Crippen LogP contribution in [0.15, 0.2) is 40.3 Å². The molecule has 0 atom stereocenters. The van der Waals surface area contributed by atoms with Gasteiger partial charge in [-0.3, -0.25) is 14.2 Å². The van der Waals surface area contributed by atoms with Gasteiger partial charge >= 0.3 is 0 Å². The third-order valence-corrected chi connectivity index (χ3v) is 4.41. The van der Waals surface area contributed by atoms with E-state index in [1.807, 2.05) is 16.5 Å². The number of nitrogens with zero attached hydrogens (tertiary/aromatic N) is 4. The first-order valence-corrected chi connectivity index (χ1v) is 8.29. The van der Waals surface area contributed by atoms with E-state index in [-0.39, 0.29) is 5.56 Å². The minimum atomic E-state index is -0.156. The molecule has 0 saturated carbocycles. The summed E-state index contributed by atoms with van der Waals surface area (Å²) < 4.78 is 1.90. The van der Waals surface area contributed by atoms with Gasteiger partial charge in [0.25, 0.3) is 5.56 Å². The van der Waals surface area contributed by atoms with E-state index in [4.69, 9.17) is 5.26 Å². The van der Waals surface area contributed by atoms with Gasteiger partial charge in [-0.15, -0.1) is 10.2 Å². The predicted molar refractivity (Wildman–Crippen MR) is 88.3 cm³/mol. The summed E-state index contributed by atoms with van der Waals surface area (Å²) in [6.07, 6.45) is 1.74. The van der Waals surface area contributed by atoms with E-state index in [0.717, 1.165) is 35.0 Å². The lowest BCUT2D eigenvalue weighted by Gasteiger charge is -2.06. The van der Waals surface area contributed by atoms with Gasteiger partial charge in [-0.1, -0.05) is 37.2 Å². The normalized spacial score (nSPS) is 10.8. The van der Waals surface area contributed by atoms with E-state index >= 15 is 0 Å². The lowest BCUT2D eigenvalue weighted by atomic mass is 10.2. The minimum Gasteiger partial charge on any atom is -0.291 e. The Balaban J connectivity index is 1.87. The minimum absolute atomic E-state index is 0.156. The van der Waals surface area contributed by atoms with Gasteiger partial charge in [0.15, 0.2) is 5.16 Å². The fraction of sp³-hybridized carbons (Fsp3) is 0.250. The maximum atomic E-state index is 11.7. The van der Waals surface area contributed by atoms with Crippen LogP contribution in [0.25, 0.3) is 5.78 Å². The van der Waals surface area contributed by atoms with Crippen LogP contribution in [0.1, 0.15) is 30.2 Å². The molecule has 116 valence electrons. The molecule has 2 aromatic heterocycles. The maximum Gasteiger partial charge on any atom is 0.252 e. The van der Waals surface area contributed by atoms with E-state index in [1.54, 1.807) is 30.0 Å². The average Bonchev–Trinajstić information content (AvgIpc) is 2.96. The molecule has 2 heterocycles. The number of hydrogen-bond acceptors (Lipinski definition) is 5. The number of thioether (sulfide) groups is 1. The standard InChI is InChI=1S/C16H15N5OS/c1-2-3-13-8-14(22)18-15-19-20-16(21(13)15)23-10-12-6-4-11(9-17)5-7-12/h4-8H,2-3,10H2,1H3,(H,18,19,22). The van der Waals surface area contributed by atoms with Crippen molar-refractivity contribution < 1.29 is 0 Å². The molecule has 0 saturated heterocycles. The maximum absolute atomic E-state index is 11.7. The molecule has 0 radical (unpaired) electrons. The zero-order valence-electron chi connectivity index (χ0n) is 12.6. The third-order valence-electron chi connectivity index (χ3n) is 3.41.